The number of pyridine rings is 1. The number of thiazole rings is 1. The molecular weight excluding hydrogens is 394 g/mol. The van der Waals surface area contributed by atoms with Gasteiger partial charge in [0, 0.05) is 17.1 Å². The molecule has 4 rings (SSSR count). The van der Waals surface area contributed by atoms with Crippen LogP contribution in [0.2, 0.25) is 0 Å². The molecule has 0 amide bonds. The molecule has 1 aromatic carbocycles. The number of carbonyl (C=O) groups excluding carboxylic acids is 1. The van der Waals surface area contributed by atoms with Gasteiger partial charge in [-0.05, 0) is 30.5 Å². The molecule has 3 heterocycles. The smallest absolute Gasteiger partial charge is 0.359 e. The molecule has 4 aromatic rings. The lowest BCUT2D eigenvalue weighted by molar-refractivity contribution is 0.0464. The van der Waals surface area contributed by atoms with Crippen molar-refractivity contribution >= 4 is 34.6 Å². The maximum Gasteiger partial charge on any atom is 0.359 e. The van der Waals surface area contributed by atoms with Gasteiger partial charge in [-0.25, -0.2) is 14.8 Å². The average Bonchev–Trinajstić information content (AvgIpc) is 3.37. The van der Waals surface area contributed by atoms with E-state index in [9.17, 15) is 4.79 Å². The molecule has 0 fully saturated rings. The first-order chi connectivity index (χ1) is 13.7. The molecule has 0 aliphatic heterocycles. The number of imidazole rings is 1. The normalized spacial score (nSPS) is 10.9. The van der Waals surface area contributed by atoms with Crippen LogP contribution in [-0.4, -0.2) is 33.7 Å². The molecule has 0 saturated carbocycles. The second-order valence-corrected chi connectivity index (χ2v) is 7.49. The van der Waals surface area contributed by atoms with Gasteiger partial charge in [0.1, 0.15) is 17.4 Å². The SMILES string of the molecule is COc1cccc(-c2nc(COC(=O)c3nc(SC)n4ccccc34)cs2)c1. The van der Waals surface area contributed by atoms with E-state index in [1.807, 2.05) is 64.7 Å². The molecular formula is C20H17N3O3S2. The van der Waals surface area contributed by atoms with Crippen LogP contribution in [0, 0.1) is 0 Å². The van der Waals surface area contributed by atoms with E-state index in [2.05, 4.69) is 9.97 Å². The Kier molecular flexibility index (Phi) is 5.31. The number of rotatable bonds is 6. The minimum absolute atomic E-state index is 0.0970. The lowest BCUT2D eigenvalue weighted by atomic mass is 10.2. The zero-order valence-electron chi connectivity index (χ0n) is 15.3. The highest BCUT2D eigenvalue weighted by Crippen LogP contribution is 2.27. The Balaban J connectivity index is 1.50. The summed E-state index contributed by atoms with van der Waals surface area (Å²) < 4.78 is 12.6. The van der Waals surface area contributed by atoms with Crippen molar-refractivity contribution in [2.75, 3.05) is 13.4 Å². The Hall–Kier alpha value is -2.84. The molecule has 0 atom stereocenters. The molecule has 0 aliphatic rings. The fourth-order valence-electron chi connectivity index (χ4n) is 2.77. The third-order valence-corrected chi connectivity index (χ3v) is 5.70. The van der Waals surface area contributed by atoms with Gasteiger partial charge in [0.25, 0.3) is 0 Å². The number of esters is 1. The van der Waals surface area contributed by atoms with Crippen molar-refractivity contribution in [1.29, 1.82) is 0 Å². The van der Waals surface area contributed by atoms with Gasteiger partial charge in [0.15, 0.2) is 10.9 Å². The first-order valence-electron chi connectivity index (χ1n) is 8.46. The van der Waals surface area contributed by atoms with Gasteiger partial charge in [0.05, 0.1) is 18.3 Å². The quantitative estimate of drug-likeness (QED) is 0.343. The topological polar surface area (TPSA) is 65.7 Å². The number of aromatic nitrogens is 3. The zero-order valence-corrected chi connectivity index (χ0v) is 16.9. The number of hydrogen-bond acceptors (Lipinski definition) is 7. The summed E-state index contributed by atoms with van der Waals surface area (Å²) >= 11 is 2.98. The second kappa shape index (κ2) is 8.04. The van der Waals surface area contributed by atoms with Crippen LogP contribution in [0.3, 0.4) is 0 Å². The Morgan fingerprint density at radius 1 is 1.21 bits per heavy atom. The van der Waals surface area contributed by atoms with Crippen LogP contribution < -0.4 is 4.74 Å². The molecule has 0 bridgehead atoms. The van der Waals surface area contributed by atoms with Crippen molar-refractivity contribution in [3.63, 3.8) is 0 Å². The number of fused-ring (bicyclic) bond motifs is 1. The van der Waals surface area contributed by atoms with Gasteiger partial charge < -0.3 is 9.47 Å². The number of benzene rings is 1. The molecule has 3 aromatic heterocycles. The lowest BCUT2D eigenvalue weighted by Crippen LogP contribution is -2.06. The van der Waals surface area contributed by atoms with Crippen LogP contribution in [-0.2, 0) is 11.3 Å². The van der Waals surface area contributed by atoms with Crippen molar-refractivity contribution in [2.24, 2.45) is 0 Å². The fraction of sp³-hybridized carbons (Fsp3) is 0.150. The van der Waals surface area contributed by atoms with Crippen LogP contribution in [0.1, 0.15) is 16.2 Å². The van der Waals surface area contributed by atoms with Gasteiger partial charge >= 0.3 is 5.97 Å². The molecule has 0 radical (unpaired) electrons. The van der Waals surface area contributed by atoms with Gasteiger partial charge in [-0.2, -0.15) is 0 Å². The summed E-state index contributed by atoms with van der Waals surface area (Å²) in [4.78, 5) is 21.5. The van der Waals surface area contributed by atoms with Crippen molar-refractivity contribution in [3.8, 4) is 16.3 Å². The van der Waals surface area contributed by atoms with Crippen LogP contribution in [0.25, 0.3) is 16.1 Å². The average molecular weight is 412 g/mol. The number of nitrogens with zero attached hydrogens (tertiary/aromatic N) is 3. The molecule has 28 heavy (non-hydrogen) atoms. The summed E-state index contributed by atoms with van der Waals surface area (Å²) in [6, 6.07) is 13.3. The minimum atomic E-state index is -0.458. The van der Waals surface area contributed by atoms with Gasteiger partial charge in [-0.15, -0.1) is 11.3 Å². The van der Waals surface area contributed by atoms with E-state index in [4.69, 9.17) is 9.47 Å². The molecule has 0 unspecified atom stereocenters. The van der Waals surface area contributed by atoms with Crippen LogP contribution in [0.4, 0.5) is 0 Å². The number of thioether (sulfide) groups is 1. The summed E-state index contributed by atoms with van der Waals surface area (Å²) in [7, 11) is 1.63. The summed E-state index contributed by atoms with van der Waals surface area (Å²) in [5, 5.41) is 3.49. The molecule has 8 heteroatoms. The third kappa shape index (κ3) is 3.61. The highest BCUT2D eigenvalue weighted by Gasteiger charge is 2.19. The van der Waals surface area contributed by atoms with Crippen LogP contribution in [0.5, 0.6) is 5.75 Å². The van der Waals surface area contributed by atoms with Crippen molar-refractivity contribution in [3.05, 3.63) is 65.4 Å². The van der Waals surface area contributed by atoms with Crippen molar-refractivity contribution in [2.45, 2.75) is 11.8 Å². The monoisotopic (exact) mass is 411 g/mol. The largest absolute Gasteiger partial charge is 0.497 e. The standard InChI is InChI=1S/C20H17N3O3S2/c1-25-15-7-5-6-13(10-15)18-21-14(12-28-18)11-26-19(24)17-16-8-3-4-9-23(16)20(22-17)27-2/h3-10,12H,11H2,1-2H3. The molecule has 6 nitrogen and oxygen atoms in total. The predicted octanol–water partition coefficient (Wildman–Crippen LogP) is 4.55. The van der Waals surface area contributed by atoms with Crippen LogP contribution >= 0.6 is 23.1 Å². The van der Waals surface area contributed by atoms with Gasteiger partial charge in [0.2, 0.25) is 0 Å². The summed E-state index contributed by atoms with van der Waals surface area (Å²) in [5.74, 6) is 0.317. The molecule has 0 saturated heterocycles. The number of methoxy groups -OCH3 is 1. The first-order valence-corrected chi connectivity index (χ1v) is 10.6. The van der Waals surface area contributed by atoms with E-state index < -0.39 is 5.97 Å². The maximum atomic E-state index is 12.6. The van der Waals surface area contributed by atoms with E-state index in [-0.39, 0.29) is 6.61 Å². The molecule has 0 N–H and O–H groups in total. The first kappa shape index (κ1) is 18.5. The zero-order chi connectivity index (χ0) is 19.5. The van der Waals surface area contributed by atoms with E-state index in [0.717, 1.165) is 27.0 Å². The Labute approximate surface area is 170 Å². The van der Waals surface area contributed by atoms with Crippen molar-refractivity contribution in [1.82, 2.24) is 14.4 Å². The van der Waals surface area contributed by atoms with E-state index in [1.165, 1.54) is 23.1 Å². The van der Waals surface area contributed by atoms with Crippen LogP contribution in [0.15, 0.2) is 59.2 Å². The highest BCUT2D eigenvalue weighted by molar-refractivity contribution is 7.98. The second-order valence-electron chi connectivity index (χ2n) is 5.86. The van der Waals surface area contributed by atoms with E-state index in [0.29, 0.717) is 11.4 Å². The molecule has 142 valence electrons. The Bertz CT molecular complexity index is 1140. The minimum Gasteiger partial charge on any atom is -0.497 e. The number of carbonyl (C=O) groups is 1. The Morgan fingerprint density at radius 3 is 2.93 bits per heavy atom. The van der Waals surface area contributed by atoms with Gasteiger partial charge in [-0.1, -0.05) is 30.0 Å². The third-order valence-electron chi connectivity index (χ3n) is 4.11. The number of ether oxygens (including phenoxy) is 2. The summed E-state index contributed by atoms with van der Waals surface area (Å²) in [6.45, 7) is 0.0970. The fourth-order valence-corrected chi connectivity index (χ4v) is 4.11. The highest BCUT2D eigenvalue weighted by atomic mass is 32.2. The maximum absolute atomic E-state index is 12.6. The van der Waals surface area contributed by atoms with E-state index >= 15 is 0 Å². The Morgan fingerprint density at radius 2 is 2.11 bits per heavy atom. The lowest BCUT2D eigenvalue weighted by Gasteiger charge is -2.02. The molecule has 0 spiro atoms. The van der Waals surface area contributed by atoms with Crippen molar-refractivity contribution < 1.29 is 14.3 Å². The summed E-state index contributed by atoms with van der Waals surface area (Å²) in [5.41, 5.74) is 2.71. The number of hydrogen-bond donors (Lipinski definition) is 0. The predicted molar refractivity (Wildman–Crippen MR) is 110 cm³/mol. The molecule has 0 aliphatic carbocycles. The van der Waals surface area contributed by atoms with E-state index in [1.54, 1.807) is 7.11 Å². The van der Waals surface area contributed by atoms with Gasteiger partial charge in [-0.3, -0.25) is 4.40 Å². The summed E-state index contributed by atoms with van der Waals surface area (Å²) in [6.07, 6.45) is 3.80.